The third-order valence-corrected chi connectivity index (χ3v) is 5.83. The average Bonchev–Trinajstić information content (AvgIpc) is 3.34. The molecule has 1 aliphatic heterocycles. The summed E-state index contributed by atoms with van der Waals surface area (Å²) in [5.41, 5.74) is 2.21. The molecule has 26 heavy (non-hydrogen) atoms. The van der Waals surface area contributed by atoms with Crippen LogP contribution in [0.4, 0.5) is 0 Å². The number of fused-ring (bicyclic) bond motifs is 2. The van der Waals surface area contributed by atoms with Crippen LogP contribution in [0.5, 0.6) is 0 Å². The SMILES string of the molecule is C=C1C[C@@H](OC(=O)/C(=C/CO)CO)[C@@H]2[C@@H](/C=C(/C)[C@H]3C[C@H]13)OC(=O)[C@@H]2C. The molecule has 3 aliphatic rings. The molecule has 0 unspecified atom stereocenters. The maximum atomic E-state index is 12.4. The lowest BCUT2D eigenvalue weighted by Crippen LogP contribution is -2.36. The highest BCUT2D eigenvalue weighted by Crippen LogP contribution is 2.52. The first-order valence-corrected chi connectivity index (χ1v) is 9.05. The Morgan fingerprint density at radius 2 is 2.15 bits per heavy atom. The molecule has 6 nitrogen and oxygen atoms in total. The second-order valence-corrected chi connectivity index (χ2v) is 7.50. The molecular formula is C20H26O6. The molecule has 1 heterocycles. The summed E-state index contributed by atoms with van der Waals surface area (Å²) in [6, 6.07) is 0. The lowest BCUT2D eigenvalue weighted by Gasteiger charge is -2.28. The van der Waals surface area contributed by atoms with Gasteiger partial charge in [0.2, 0.25) is 0 Å². The summed E-state index contributed by atoms with van der Waals surface area (Å²) in [5, 5.41) is 18.3. The summed E-state index contributed by atoms with van der Waals surface area (Å²) in [6.07, 6.45) is 3.71. The summed E-state index contributed by atoms with van der Waals surface area (Å²) < 4.78 is 11.2. The number of allylic oxidation sites excluding steroid dienone is 1. The second kappa shape index (κ2) is 7.37. The van der Waals surface area contributed by atoms with E-state index in [1.807, 2.05) is 13.0 Å². The van der Waals surface area contributed by atoms with Gasteiger partial charge in [-0.15, -0.1) is 0 Å². The molecule has 0 aromatic heterocycles. The Bertz CT molecular complexity index is 676. The Labute approximate surface area is 153 Å². The predicted octanol–water partition coefficient (Wildman–Crippen LogP) is 1.53. The van der Waals surface area contributed by atoms with Gasteiger partial charge in [0.25, 0.3) is 0 Å². The number of carbonyl (C=O) groups is 2. The van der Waals surface area contributed by atoms with Crippen LogP contribution in [-0.2, 0) is 19.1 Å². The molecule has 2 N–H and O–H groups in total. The highest BCUT2D eigenvalue weighted by Gasteiger charge is 2.50. The van der Waals surface area contributed by atoms with Gasteiger partial charge in [-0.25, -0.2) is 4.79 Å². The standard InChI is InChI=1S/C20H26O6/c1-10-6-16-18(12(3)19(23)25-16)17(7-11(2)15-8-14(10)15)26-20(24)13(9-22)4-5-21/h4,6,12,14-18,21-22H,2,5,7-9H2,1,3H3/b10-6-,13-4+/t12-,14-,15-,16-,17-,18+/m1/s1. The van der Waals surface area contributed by atoms with Crippen molar-refractivity contribution in [1.82, 2.24) is 0 Å². The molecule has 0 bridgehead atoms. The normalized spacial score (nSPS) is 38.8. The van der Waals surface area contributed by atoms with Crippen molar-refractivity contribution < 1.29 is 29.3 Å². The highest BCUT2D eigenvalue weighted by molar-refractivity contribution is 5.89. The molecule has 1 saturated carbocycles. The van der Waals surface area contributed by atoms with E-state index in [1.165, 1.54) is 11.6 Å². The number of carbonyl (C=O) groups excluding carboxylic acids is 2. The summed E-state index contributed by atoms with van der Waals surface area (Å²) in [4.78, 5) is 24.6. The van der Waals surface area contributed by atoms with Crippen molar-refractivity contribution in [3.8, 4) is 0 Å². The van der Waals surface area contributed by atoms with Crippen molar-refractivity contribution in [3.63, 3.8) is 0 Å². The minimum atomic E-state index is -0.683. The molecular weight excluding hydrogens is 336 g/mol. The first kappa shape index (κ1) is 18.9. The molecule has 0 radical (unpaired) electrons. The van der Waals surface area contributed by atoms with E-state index in [0.29, 0.717) is 18.3 Å². The van der Waals surface area contributed by atoms with Gasteiger partial charge in [0.1, 0.15) is 12.2 Å². The average molecular weight is 362 g/mol. The van der Waals surface area contributed by atoms with Crippen molar-refractivity contribution in [2.24, 2.45) is 23.7 Å². The zero-order valence-electron chi connectivity index (χ0n) is 15.2. The Hall–Kier alpha value is -1.92. The van der Waals surface area contributed by atoms with E-state index in [9.17, 15) is 14.7 Å². The van der Waals surface area contributed by atoms with E-state index in [2.05, 4.69) is 6.58 Å². The minimum absolute atomic E-state index is 0.00319. The van der Waals surface area contributed by atoms with Gasteiger partial charge in [-0.2, -0.15) is 0 Å². The summed E-state index contributed by atoms with van der Waals surface area (Å²) in [6.45, 7) is 7.14. The lowest BCUT2D eigenvalue weighted by molar-refractivity contribution is -0.149. The number of ether oxygens (including phenoxy) is 2. The van der Waals surface area contributed by atoms with Crippen LogP contribution in [0.25, 0.3) is 0 Å². The Morgan fingerprint density at radius 3 is 2.81 bits per heavy atom. The first-order valence-electron chi connectivity index (χ1n) is 9.05. The van der Waals surface area contributed by atoms with Gasteiger partial charge < -0.3 is 19.7 Å². The van der Waals surface area contributed by atoms with Gasteiger partial charge in [-0.05, 0) is 37.3 Å². The van der Waals surface area contributed by atoms with E-state index < -0.39 is 30.7 Å². The van der Waals surface area contributed by atoms with Gasteiger partial charge >= 0.3 is 11.9 Å². The molecule has 0 aromatic rings. The van der Waals surface area contributed by atoms with Crippen molar-refractivity contribution in [3.05, 3.63) is 35.5 Å². The third kappa shape index (κ3) is 3.48. The highest BCUT2D eigenvalue weighted by atomic mass is 16.6. The van der Waals surface area contributed by atoms with Crippen LogP contribution >= 0.6 is 0 Å². The van der Waals surface area contributed by atoms with E-state index in [4.69, 9.17) is 14.6 Å². The predicted molar refractivity (Wildman–Crippen MR) is 93.8 cm³/mol. The maximum Gasteiger partial charge on any atom is 0.336 e. The van der Waals surface area contributed by atoms with Crippen LogP contribution in [0, 0.1) is 23.7 Å². The lowest BCUT2D eigenvalue weighted by atomic mass is 9.83. The zero-order chi connectivity index (χ0) is 19.0. The second-order valence-electron chi connectivity index (χ2n) is 7.50. The summed E-state index contributed by atoms with van der Waals surface area (Å²) in [5.74, 6) is -0.876. The van der Waals surface area contributed by atoms with Crippen molar-refractivity contribution in [2.75, 3.05) is 13.2 Å². The molecule has 0 aromatic carbocycles. The molecule has 2 aliphatic carbocycles. The summed E-state index contributed by atoms with van der Waals surface area (Å²) in [7, 11) is 0. The van der Waals surface area contributed by atoms with Crippen molar-refractivity contribution >= 4 is 11.9 Å². The van der Waals surface area contributed by atoms with Gasteiger partial charge in [-0.1, -0.05) is 24.6 Å². The van der Waals surface area contributed by atoms with E-state index in [0.717, 1.165) is 12.0 Å². The van der Waals surface area contributed by atoms with Gasteiger partial charge in [0.05, 0.1) is 30.6 Å². The number of hydrogen-bond acceptors (Lipinski definition) is 6. The number of aliphatic hydroxyl groups is 2. The fourth-order valence-corrected chi connectivity index (χ4v) is 4.17. The minimum Gasteiger partial charge on any atom is -0.458 e. The van der Waals surface area contributed by atoms with Crippen LogP contribution in [-0.4, -0.2) is 47.6 Å². The van der Waals surface area contributed by atoms with Crippen LogP contribution in [0.2, 0.25) is 0 Å². The number of rotatable bonds is 4. The summed E-state index contributed by atoms with van der Waals surface area (Å²) >= 11 is 0. The topological polar surface area (TPSA) is 93.1 Å². The molecule has 6 heteroatoms. The van der Waals surface area contributed by atoms with Gasteiger partial charge in [-0.3, -0.25) is 4.79 Å². The largest absolute Gasteiger partial charge is 0.458 e. The van der Waals surface area contributed by atoms with Crippen molar-refractivity contribution in [1.29, 1.82) is 0 Å². The van der Waals surface area contributed by atoms with Crippen LogP contribution < -0.4 is 0 Å². The Balaban J connectivity index is 1.90. The zero-order valence-corrected chi connectivity index (χ0v) is 15.2. The molecule has 3 rings (SSSR count). The number of esters is 2. The molecule has 1 saturated heterocycles. The maximum absolute atomic E-state index is 12.4. The smallest absolute Gasteiger partial charge is 0.336 e. The quantitative estimate of drug-likeness (QED) is 0.448. The van der Waals surface area contributed by atoms with Gasteiger partial charge in [0, 0.05) is 6.42 Å². The molecule has 0 spiro atoms. The van der Waals surface area contributed by atoms with E-state index >= 15 is 0 Å². The van der Waals surface area contributed by atoms with E-state index in [-0.39, 0.29) is 24.1 Å². The van der Waals surface area contributed by atoms with Crippen LogP contribution in [0.1, 0.15) is 26.7 Å². The molecule has 0 amide bonds. The number of aliphatic hydroxyl groups excluding tert-OH is 2. The number of hydrogen-bond donors (Lipinski definition) is 2. The molecule has 2 fully saturated rings. The third-order valence-electron chi connectivity index (χ3n) is 5.83. The fourth-order valence-electron chi connectivity index (χ4n) is 4.17. The first-order chi connectivity index (χ1) is 12.4. The monoisotopic (exact) mass is 362 g/mol. The fraction of sp³-hybridized carbons (Fsp3) is 0.600. The Morgan fingerprint density at radius 1 is 1.42 bits per heavy atom. The van der Waals surface area contributed by atoms with Crippen LogP contribution in [0.15, 0.2) is 35.5 Å². The van der Waals surface area contributed by atoms with Gasteiger partial charge in [0.15, 0.2) is 0 Å². The molecule has 6 atom stereocenters. The van der Waals surface area contributed by atoms with Crippen LogP contribution in [0.3, 0.4) is 0 Å². The molecule has 142 valence electrons. The van der Waals surface area contributed by atoms with E-state index in [1.54, 1.807) is 6.92 Å². The Kier molecular flexibility index (Phi) is 5.34. The van der Waals surface area contributed by atoms with Crippen molar-refractivity contribution in [2.45, 2.75) is 38.9 Å².